The highest BCUT2D eigenvalue weighted by molar-refractivity contribution is 6.01. The van der Waals surface area contributed by atoms with Gasteiger partial charge in [0.2, 0.25) is 0 Å². The Kier molecular flexibility index (Phi) is 8.20. The van der Waals surface area contributed by atoms with Crippen molar-refractivity contribution in [2.24, 2.45) is 5.92 Å². The zero-order valence-electron chi connectivity index (χ0n) is 19.2. The molecule has 0 saturated carbocycles. The van der Waals surface area contributed by atoms with Crippen molar-refractivity contribution in [3.8, 4) is 0 Å². The number of unbranched alkanes of at least 4 members (excludes halogenated alkanes) is 1. The molecule has 3 rings (SSSR count). The number of aromatic nitrogens is 3. The van der Waals surface area contributed by atoms with Gasteiger partial charge in [-0.2, -0.15) is 0 Å². The lowest BCUT2D eigenvalue weighted by atomic mass is 9.79. The first-order valence-corrected chi connectivity index (χ1v) is 11.4. The molecule has 0 saturated heterocycles. The van der Waals surface area contributed by atoms with E-state index in [0.717, 1.165) is 50.2 Å². The minimum Gasteiger partial charge on any atom is -0.370 e. The van der Waals surface area contributed by atoms with Crippen LogP contribution in [0, 0.1) is 12.8 Å². The molecule has 32 heavy (non-hydrogen) atoms. The number of nitrogens with zero attached hydrogens (tertiary/aromatic N) is 3. The number of rotatable bonds is 11. The van der Waals surface area contributed by atoms with E-state index in [4.69, 9.17) is 4.98 Å². The first-order chi connectivity index (χ1) is 15.3. The van der Waals surface area contributed by atoms with Crippen LogP contribution in [0.2, 0.25) is 0 Å². The smallest absolute Gasteiger partial charge is 0.140 e. The number of hydrogen-bond acceptors (Lipinski definition) is 7. The standard InChI is InChI=1S/C25H32N4O3/c1-16(30)24(17(2)31)23(20-14-27-18(3)28-15-20)13-22(32)9-5-4-8-21-11-10-19-7-6-12-26-25(19)29-21/h10-11,14-15,23-24H,4-9,12-13H2,1-3H3,(H,26,29). The second-order valence-corrected chi connectivity index (χ2v) is 8.66. The maximum Gasteiger partial charge on any atom is 0.140 e. The summed E-state index contributed by atoms with van der Waals surface area (Å²) in [6, 6.07) is 4.22. The minimum atomic E-state index is -0.850. The molecule has 0 aromatic carbocycles. The van der Waals surface area contributed by atoms with Gasteiger partial charge >= 0.3 is 0 Å². The molecule has 1 atom stereocenters. The van der Waals surface area contributed by atoms with Crippen molar-refractivity contribution in [2.75, 3.05) is 11.9 Å². The van der Waals surface area contributed by atoms with E-state index < -0.39 is 11.8 Å². The molecule has 170 valence electrons. The molecule has 7 heteroatoms. The van der Waals surface area contributed by atoms with Crippen LogP contribution in [-0.2, 0) is 27.2 Å². The quantitative estimate of drug-likeness (QED) is 0.422. The van der Waals surface area contributed by atoms with Gasteiger partial charge in [-0.25, -0.2) is 15.0 Å². The van der Waals surface area contributed by atoms with Gasteiger partial charge in [0.1, 0.15) is 29.0 Å². The molecule has 7 nitrogen and oxygen atoms in total. The summed E-state index contributed by atoms with van der Waals surface area (Å²) in [5, 5.41) is 3.35. The first kappa shape index (κ1) is 23.7. The lowest BCUT2D eigenvalue weighted by molar-refractivity contribution is -0.131. The van der Waals surface area contributed by atoms with Gasteiger partial charge < -0.3 is 5.32 Å². The molecule has 0 radical (unpaired) electrons. The van der Waals surface area contributed by atoms with Crippen molar-refractivity contribution in [2.45, 2.75) is 71.6 Å². The van der Waals surface area contributed by atoms with Crippen LogP contribution in [0.3, 0.4) is 0 Å². The number of hydrogen-bond donors (Lipinski definition) is 1. The Morgan fingerprint density at radius 2 is 1.78 bits per heavy atom. The number of fused-ring (bicyclic) bond motifs is 1. The molecule has 2 aromatic rings. The Morgan fingerprint density at radius 1 is 1.06 bits per heavy atom. The minimum absolute atomic E-state index is 0.0446. The number of carbonyl (C=O) groups is 3. The van der Waals surface area contributed by atoms with E-state index in [9.17, 15) is 14.4 Å². The van der Waals surface area contributed by atoms with Crippen LogP contribution in [0.15, 0.2) is 24.5 Å². The molecule has 0 spiro atoms. The van der Waals surface area contributed by atoms with Crippen molar-refractivity contribution < 1.29 is 14.4 Å². The fraction of sp³-hybridized carbons (Fsp3) is 0.520. The summed E-state index contributed by atoms with van der Waals surface area (Å²) in [6.07, 6.45) is 8.42. The van der Waals surface area contributed by atoms with E-state index in [0.29, 0.717) is 17.8 Å². The molecule has 0 amide bonds. The topological polar surface area (TPSA) is 102 Å². The molecule has 1 unspecified atom stereocenters. The molecule has 0 aliphatic carbocycles. The van der Waals surface area contributed by atoms with Crippen molar-refractivity contribution >= 4 is 23.2 Å². The van der Waals surface area contributed by atoms with Gasteiger partial charge in [-0.3, -0.25) is 14.4 Å². The molecular formula is C25H32N4O3. The maximum absolute atomic E-state index is 12.8. The van der Waals surface area contributed by atoms with Gasteiger partial charge in [0.25, 0.3) is 0 Å². The summed E-state index contributed by atoms with van der Waals surface area (Å²) in [7, 11) is 0. The summed E-state index contributed by atoms with van der Waals surface area (Å²) in [5.41, 5.74) is 2.96. The number of pyridine rings is 1. The molecule has 0 bridgehead atoms. The van der Waals surface area contributed by atoms with Crippen LogP contribution < -0.4 is 5.32 Å². The van der Waals surface area contributed by atoms with E-state index in [1.807, 2.05) is 0 Å². The highest BCUT2D eigenvalue weighted by Crippen LogP contribution is 2.30. The van der Waals surface area contributed by atoms with Gasteiger partial charge in [-0.15, -0.1) is 0 Å². The number of anilines is 1. The Morgan fingerprint density at radius 3 is 2.47 bits per heavy atom. The number of ketones is 3. The van der Waals surface area contributed by atoms with Crippen LogP contribution in [0.1, 0.15) is 74.5 Å². The van der Waals surface area contributed by atoms with Crippen molar-refractivity contribution in [1.82, 2.24) is 15.0 Å². The third-order valence-corrected chi connectivity index (χ3v) is 6.05. The molecule has 2 aromatic heterocycles. The van der Waals surface area contributed by atoms with Crippen molar-refractivity contribution in [3.05, 3.63) is 47.2 Å². The van der Waals surface area contributed by atoms with Gasteiger partial charge in [0, 0.05) is 43.4 Å². The zero-order valence-corrected chi connectivity index (χ0v) is 19.2. The first-order valence-electron chi connectivity index (χ1n) is 11.4. The molecule has 3 heterocycles. The highest BCUT2D eigenvalue weighted by atomic mass is 16.2. The summed E-state index contributed by atoms with van der Waals surface area (Å²) in [4.78, 5) is 50.2. The van der Waals surface area contributed by atoms with Gasteiger partial charge in [0.15, 0.2) is 0 Å². The maximum atomic E-state index is 12.8. The Hall–Kier alpha value is -2.96. The van der Waals surface area contributed by atoms with Crippen LogP contribution in [0.4, 0.5) is 5.82 Å². The Bertz CT molecular complexity index is 958. The third kappa shape index (κ3) is 6.28. The van der Waals surface area contributed by atoms with Crippen LogP contribution in [-0.4, -0.2) is 38.8 Å². The third-order valence-electron chi connectivity index (χ3n) is 6.05. The van der Waals surface area contributed by atoms with Gasteiger partial charge in [0.05, 0.1) is 5.92 Å². The van der Waals surface area contributed by atoms with Crippen LogP contribution in [0.25, 0.3) is 0 Å². The molecule has 1 aliphatic rings. The fourth-order valence-corrected chi connectivity index (χ4v) is 4.36. The molecule has 1 N–H and O–H groups in total. The zero-order chi connectivity index (χ0) is 23.1. The van der Waals surface area contributed by atoms with Crippen LogP contribution >= 0.6 is 0 Å². The second kappa shape index (κ2) is 11.1. The van der Waals surface area contributed by atoms with E-state index in [1.165, 1.54) is 19.4 Å². The number of aryl methyl sites for hydroxylation is 3. The van der Waals surface area contributed by atoms with Crippen molar-refractivity contribution in [3.63, 3.8) is 0 Å². The number of Topliss-reactive ketones (excluding diaryl/α,β-unsaturated/α-hetero) is 3. The summed E-state index contributed by atoms with van der Waals surface area (Å²) in [5.74, 6) is -0.197. The normalized spacial score (nSPS) is 13.9. The monoisotopic (exact) mass is 436 g/mol. The van der Waals surface area contributed by atoms with Gasteiger partial charge in [-0.05, 0) is 70.1 Å². The highest BCUT2D eigenvalue weighted by Gasteiger charge is 2.33. The van der Waals surface area contributed by atoms with E-state index >= 15 is 0 Å². The molecular weight excluding hydrogens is 404 g/mol. The SMILES string of the molecule is CC(=O)C(C(C)=O)C(CC(=O)CCCCc1ccc2c(n1)NCCC2)c1cnc(C)nc1. The predicted molar refractivity (Wildman–Crippen MR) is 123 cm³/mol. The van der Waals surface area contributed by atoms with E-state index in [-0.39, 0.29) is 23.8 Å². The summed E-state index contributed by atoms with van der Waals surface area (Å²) in [6.45, 7) is 5.54. The number of nitrogens with one attached hydrogen (secondary N) is 1. The Labute approximate surface area is 189 Å². The lowest BCUT2D eigenvalue weighted by Gasteiger charge is -2.23. The number of carbonyl (C=O) groups excluding carboxylic acids is 3. The average Bonchev–Trinajstić information content (AvgIpc) is 2.76. The van der Waals surface area contributed by atoms with E-state index in [1.54, 1.807) is 19.3 Å². The van der Waals surface area contributed by atoms with Gasteiger partial charge in [-0.1, -0.05) is 6.07 Å². The Balaban J connectivity index is 1.57. The lowest BCUT2D eigenvalue weighted by Crippen LogP contribution is -2.29. The average molecular weight is 437 g/mol. The largest absolute Gasteiger partial charge is 0.370 e. The van der Waals surface area contributed by atoms with Crippen molar-refractivity contribution in [1.29, 1.82) is 0 Å². The predicted octanol–water partition coefficient (Wildman–Crippen LogP) is 3.79. The molecule has 0 fully saturated rings. The van der Waals surface area contributed by atoms with E-state index in [2.05, 4.69) is 27.4 Å². The summed E-state index contributed by atoms with van der Waals surface area (Å²) < 4.78 is 0. The van der Waals surface area contributed by atoms with Crippen LogP contribution in [0.5, 0.6) is 0 Å². The molecule has 1 aliphatic heterocycles. The second-order valence-electron chi connectivity index (χ2n) is 8.66. The fourth-order valence-electron chi connectivity index (χ4n) is 4.36. The summed E-state index contributed by atoms with van der Waals surface area (Å²) >= 11 is 0.